The van der Waals surface area contributed by atoms with E-state index in [0.29, 0.717) is 25.3 Å². The van der Waals surface area contributed by atoms with E-state index in [-0.39, 0.29) is 28.4 Å². The van der Waals surface area contributed by atoms with Crippen LogP contribution in [0.4, 0.5) is 0 Å². The van der Waals surface area contributed by atoms with Gasteiger partial charge in [-0.2, -0.15) is 4.31 Å². The van der Waals surface area contributed by atoms with Crippen molar-refractivity contribution in [3.8, 4) is 5.75 Å². The number of hydrogen-bond acceptors (Lipinski definition) is 4. The van der Waals surface area contributed by atoms with E-state index in [0.717, 1.165) is 0 Å². The van der Waals surface area contributed by atoms with Gasteiger partial charge in [-0.05, 0) is 24.6 Å². The number of rotatable bonds is 3. The number of nitrogens with zero attached hydrogens (tertiary/aromatic N) is 1. The topological polar surface area (TPSA) is 72.6 Å². The van der Waals surface area contributed by atoms with Gasteiger partial charge in [-0.3, -0.25) is 0 Å². The minimum absolute atomic E-state index is 0. The van der Waals surface area contributed by atoms with Crippen LogP contribution in [0.15, 0.2) is 23.1 Å². The molecular weight excluding hydrogens is 311 g/mol. The fourth-order valence-corrected chi connectivity index (χ4v) is 3.79. The molecule has 0 aliphatic carbocycles. The zero-order valence-electron chi connectivity index (χ0n) is 10.4. The zero-order valence-corrected chi connectivity index (χ0v) is 12.8. The van der Waals surface area contributed by atoms with Gasteiger partial charge in [0.2, 0.25) is 10.0 Å². The highest BCUT2D eigenvalue weighted by atomic mass is 35.5. The molecular formula is C11H16Cl2N2O3S. The van der Waals surface area contributed by atoms with Crippen molar-refractivity contribution in [1.29, 1.82) is 0 Å². The molecule has 1 aromatic carbocycles. The van der Waals surface area contributed by atoms with E-state index < -0.39 is 10.0 Å². The van der Waals surface area contributed by atoms with E-state index in [2.05, 4.69) is 0 Å². The van der Waals surface area contributed by atoms with Gasteiger partial charge in [0.1, 0.15) is 5.75 Å². The molecule has 0 spiro atoms. The normalized spacial score (nSPS) is 20.1. The Morgan fingerprint density at radius 3 is 2.63 bits per heavy atom. The predicted octanol–water partition coefficient (Wildman–Crippen LogP) is 1.49. The quantitative estimate of drug-likeness (QED) is 0.913. The lowest BCUT2D eigenvalue weighted by molar-refractivity contribution is 0.414. The lowest BCUT2D eigenvalue weighted by atomic mass is 10.3. The van der Waals surface area contributed by atoms with Crippen LogP contribution in [0.3, 0.4) is 0 Å². The molecule has 108 valence electrons. The summed E-state index contributed by atoms with van der Waals surface area (Å²) < 4.78 is 31.0. The van der Waals surface area contributed by atoms with Crippen LogP contribution in [0, 0.1) is 0 Å². The Morgan fingerprint density at radius 2 is 2.16 bits per heavy atom. The van der Waals surface area contributed by atoms with Gasteiger partial charge in [-0.15, -0.1) is 12.4 Å². The maximum atomic E-state index is 12.3. The lowest BCUT2D eigenvalue weighted by Gasteiger charge is -2.16. The number of hydrogen-bond donors (Lipinski definition) is 1. The van der Waals surface area contributed by atoms with E-state index in [4.69, 9.17) is 22.1 Å². The molecule has 0 amide bonds. The summed E-state index contributed by atoms with van der Waals surface area (Å²) in [5.41, 5.74) is 5.72. The van der Waals surface area contributed by atoms with Crippen molar-refractivity contribution in [3.63, 3.8) is 0 Å². The third kappa shape index (κ3) is 3.32. The average Bonchev–Trinajstić information content (AvgIpc) is 2.76. The smallest absolute Gasteiger partial charge is 0.243 e. The molecule has 1 aromatic rings. The summed E-state index contributed by atoms with van der Waals surface area (Å²) in [6, 6.07) is 4.35. The standard InChI is InChI=1S/C11H15ClN2O3S.ClH/c1-17-11-3-2-9(6-10(11)12)18(15,16)14-5-4-8(13)7-14;/h2-3,6,8H,4-5,7,13H2,1H3;1H/t8-;/m0./s1. The minimum Gasteiger partial charge on any atom is -0.495 e. The molecule has 19 heavy (non-hydrogen) atoms. The molecule has 1 atom stereocenters. The number of halogens is 2. The summed E-state index contributed by atoms with van der Waals surface area (Å²) >= 11 is 5.94. The molecule has 0 aromatic heterocycles. The van der Waals surface area contributed by atoms with Crippen LogP contribution in [0.5, 0.6) is 5.75 Å². The first-order chi connectivity index (χ1) is 8.45. The van der Waals surface area contributed by atoms with Gasteiger partial charge in [0.05, 0.1) is 17.0 Å². The Labute approximate surface area is 124 Å². The third-order valence-electron chi connectivity index (χ3n) is 2.95. The summed E-state index contributed by atoms with van der Waals surface area (Å²) in [4.78, 5) is 0.169. The Kier molecular flexibility index (Phi) is 5.46. The van der Waals surface area contributed by atoms with Gasteiger partial charge >= 0.3 is 0 Å². The molecule has 0 radical (unpaired) electrons. The summed E-state index contributed by atoms with van der Waals surface area (Å²) in [6.07, 6.45) is 0.684. The molecule has 0 bridgehead atoms. The van der Waals surface area contributed by atoms with Crippen LogP contribution in [0.1, 0.15) is 6.42 Å². The number of ether oxygens (including phenoxy) is 1. The van der Waals surface area contributed by atoms with Gasteiger partial charge in [0, 0.05) is 19.1 Å². The summed E-state index contributed by atoms with van der Waals surface area (Å²) in [5.74, 6) is 0.453. The second kappa shape index (κ2) is 6.28. The van der Waals surface area contributed by atoms with Gasteiger partial charge in [0.15, 0.2) is 0 Å². The maximum absolute atomic E-state index is 12.3. The van der Waals surface area contributed by atoms with Crippen LogP contribution >= 0.6 is 24.0 Å². The number of nitrogens with two attached hydrogens (primary N) is 1. The van der Waals surface area contributed by atoms with Crippen molar-refractivity contribution in [2.75, 3.05) is 20.2 Å². The summed E-state index contributed by atoms with van der Waals surface area (Å²) in [6.45, 7) is 0.805. The van der Waals surface area contributed by atoms with E-state index in [1.165, 1.54) is 23.5 Å². The zero-order chi connectivity index (χ0) is 13.3. The van der Waals surface area contributed by atoms with Crippen molar-refractivity contribution >= 4 is 34.0 Å². The van der Waals surface area contributed by atoms with E-state index >= 15 is 0 Å². The first kappa shape index (κ1) is 16.5. The molecule has 5 nitrogen and oxygen atoms in total. The van der Waals surface area contributed by atoms with Crippen LogP contribution in [0.25, 0.3) is 0 Å². The molecule has 1 fully saturated rings. The molecule has 1 aliphatic rings. The highest BCUT2D eigenvalue weighted by molar-refractivity contribution is 7.89. The fraction of sp³-hybridized carbons (Fsp3) is 0.455. The Morgan fingerprint density at radius 1 is 1.47 bits per heavy atom. The van der Waals surface area contributed by atoms with Crippen molar-refractivity contribution in [3.05, 3.63) is 23.2 Å². The van der Waals surface area contributed by atoms with E-state index in [9.17, 15) is 8.42 Å². The van der Waals surface area contributed by atoms with Crippen LogP contribution < -0.4 is 10.5 Å². The van der Waals surface area contributed by atoms with E-state index in [1.54, 1.807) is 6.07 Å². The summed E-state index contributed by atoms with van der Waals surface area (Å²) in [5, 5.41) is 0.280. The molecule has 1 heterocycles. The monoisotopic (exact) mass is 326 g/mol. The SMILES string of the molecule is COc1ccc(S(=O)(=O)N2CC[C@H](N)C2)cc1Cl.Cl. The van der Waals surface area contributed by atoms with Gasteiger partial charge in [0.25, 0.3) is 0 Å². The van der Waals surface area contributed by atoms with Crippen LogP contribution in [-0.4, -0.2) is 39.0 Å². The Balaban J connectivity index is 0.00000180. The van der Waals surface area contributed by atoms with E-state index in [1.807, 2.05) is 0 Å². The number of methoxy groups -OCH3 is 1. The van der Waals surface area contributed by atoms with Gasteiger partial charge in [-0.1, -0.05) is 11.6 Å². The Hall–Kier alpha value is -0.530. The predicted molar refractivity (Wildman–Crippen MR) is 76.6 cm³/mol. The second-order valence-corrected chi connectivity index (χ2v) is 6.55. The highest BCUT2D eigenvalue weighted by Crippen LogP contribution is 2.29. The lowest BCUT2D eigenvalue weighted by Crippen LogP contribution is -2.31. The number of sulfonamides is 1. The van der Waals surface area contributed by atoms with Crippen molar-refractivity contribution < 1.29 is 13.2 Å². The summed E-state index contributed by atoms with van der Waals surface area (Å²) in [7, 11) is -2.02. The van der Waals surface area contributed by atoms with Gasteiger partial charge < -0.3 is 10.5 Å². The minimum atomic E-state index is -3.51. The largest absolute Gasteiger partial charge is 0.495 e. The first-order valence-corrected chi connectivity index (χ1v) is 7.36. The molecule has 8 heteroatoms. The average molecular weight is 327 g/mol. The first-order valence-electron chi connectivity index (χ1n) is 5.54. The molecule has 1 aliphatic heterocycles. The molecule has 0 saturated carbocycles. The Bertz CT molecular complexity index is 551. The molecule has 2 N–H and O–H groups in total. The van der Waals surface area contributed by atoms with Crippen molar-refractivity contribution in [1.82, 2.24) is 4.31 Å². The van der Waals surface area contributed by atoms with Crippen LogP contribution in [0.2, 0.25) is 5.02 Å². The van der Waals surface area contributed by atoms with Gasteiger partial charge in [-0.25, -0.2) is 8.42 Å². The number of benzene rings is 1. The molecule has 0 unspecified atom stereocenters. The second-order valence-electron chi connectivity index (χ2n) is 4.21. The molecule has 1 saturated heterocycles. The fourth-order valence-electron chi connectivity index (χ4n) is 1.93. The van der Waals surface area contributed by atoms with Crippen molar-refractivity contribution in [2.45, 2.75) is 17.4 Å². The van der Waals surface area contributed by atoms with Crippen molar-refractivity contribution in [2.24, 2.45) is 5.73 Å². The highest BCUT2D eigenvalue weighted by Gasteiger charge is 2.31. The third-order valence-corrected chi connectivity index (χ3v) is 5.10. The maximum Gasteiger partial charge on any atom is 0.243 e. The molecule has 2 rings (SSSR count). The van der Waals surface area contributed by atoms with Crippen LogP contribution in [-0.2, 0) is 10.0 Å².